The van der Waals surface area contributed by atoms with Crippen molar-refractivity contribution in [3.63, 3.8) is 0 Å². The molecule has 0 fully saturated rings. The topological polar surface area (TPSA) is 61.0 Å². The van der Waals surface area contributed by atoms with Crippen molar-refractivity contribution in [3.8, 4) is 11.6 Å². The van der Waals surface area contributed by atoms with Gasteiger partial charge in [0.15, 0.2) is 0 Å². The SMILES string of the molecule is Cc1ccc(Oc2ncnc(N)c2C(C)C)c(C)c1. The molecule has 4 heteroatoms. The molecule has 2 rings (SSSR count). The Kier molecular flexibility index (Phi) is 3.69. The van der Waals surface area contributed by atoms with Crippen LogP contribution >= 0.6 is 0 Å². The molecule has 2 aromatic rings. The van der Waals surface area contributed by atoms with Gasteiger partial charge in [-0.15, -0.1) is 0 Å². The lowest BCUT2D eigenvalue weighted by Crippen LogP contribution is -2.04. The van der Waals surface area contributed by atoms with Crippen LogP contribution < -0.4 is 10.5 Å². The first-order chi connectivity index (χ1) is 8.99. The van der Waals surface area contributed by atoms with E-state index < -0.39 is 0 Å². The van der Waals surface area contributed by atoms with Gasteiger partial charge in [0.2, 0.25) is 5.88 Å². The standard InChI is InChI=1S/C15H19N3O/c1-9(2)13-14(16)17-8-18-15(13)19-12-6-5-10(3)7-11(12)4/h5-9H,1-4H3,(H2,16,17,18). The van der Waals surface area contributed by atoms with Crippen LogP contribution in [-0.4, -0.2) is 9.97 Å². The summed E-state index contributed by atoms with van der Waals surface area (Å²) in [5, 5.41) is 0. The van der Waals surface area contributed by atoms with E-state index in [1.54, 1.807) is 0 Å². The summed E-state index contributed by atoms with van der Waals surface area (Å²) in [7, 11) is 0. The van der Waals surface area contributed by atoms with Gasteiger partial charge in [0.05, 0.1) is 5.56 Å². The second-order valence-corrected chi connectivity index (χ2v) is 5.00. The molecule has 1 heterocycles. The molecule has 0 radical (unpaired) electrons. The van der Waals surface area contributed by atoms with Crippen molar-refractivity contribution in [1.29, 1.82) is 0 Å². The minimum atomic E-state index is 0.210. The summed E-state index contributed by atoms with van der Waals surface area (Å²) in [5.74, 6) is 2.02. The highest BCUT2D eigenvalue weighted by atomic mass is 16.5. The molecule has 2 N–H and O–H groups in total. The fraction of sp³-hybridized carbons (Fsp3) is 0.333. The van der Waals surface area contributed by atoms with E-state index in [1.807, 2.05) is 32.9 Å². The highest BCUT2D eigenvalue weighted by Gasteiger charge is 2.15. The zero-order valence-corrected chi connectivity index (χ0v) is 11.8. The molecule has 0 unspecified atom stereocenters. The summed E-state index contributed by atoms with van der Waals surface area (Å²) in [6, 6.07) is 6.05. The third-order valence-electron chi connectivity index (χ3n) is 2.99. The lowest BCUT2D eigenvalue weighted by Gasteiger charge is -2.15. The summed E-state index contributed by atoms with van der Waals surface area (Å²) >= 11 is 0. The summed E-state index contributed by atoms with van der Waals surface area (Å²) in [5.41, 5.74) is 9.04. The highest BCUT2D eigenvalue weighted by molar-refractivity contribution is 5.49. The Morgan fingerprint density at radius 3 is 2.53 bits per heavy atom. The lowest BCUT2D eigenvalue weighted by molar-refractivity contribution is 0.448. The number of hydrogen-bond acceptors (Lipinski definition) is 4. The number of nitrogen functional groups attached to an aromatic ring is 1. The van der Waals surface area contributed by atoms with Crippen LogP contribution in [0.1, 0.15) is 36.5 Å². The fourth-order valence-corrected chi connectivity index (χ4v) is 2.03. The minimum Gasteiger partial charge on any atom is -0.438 e. The normalized spacial score (nSPS) is 10.8. The molecule has 1 aromatic heterocycles. The van der Waals surface area contributed by atoms with Gasteiger partial charge >= 0.3 is 0 Å². The van der Waals surface area contributed by atoms with Crippen molar-refractivity contribution in [3.05, 3.63) is 41.2 Å². The number of aryl methyl sites for hydroxylation is 2. The van der Waals surface area contributed by atoms with Crippen LogP contribution in [0.5, 0.6) is 11.6 Å². The maximum atomic E-state index is 5.91. The van der Waals surface area contributed by atoms with E-state index in [1.165, 1.54) is 11.9 Å². The number of nitrogens with zero attached hydrogens (tertiary/aromatic N) is 2. The van der Waals surface area contributed by atoms with E-state index in [4.69, 9.17) is 10.5 Å². The molecule has 0 saturated heterocycles. The van der Waals surface area contributed by atoms with Crippen LogP contribution in [0, 0.1) is 13.8 Å². The van der Waals surface area contributed by atoms with Gasteiger partial charge in [-0.1, -0.05) is 31.5 Å². The van der Waals surface area contributed by atoms with Gasteiger partial charge in [-0.2, -0.15) is 0 Å². The Morgan fingerprint density at radius 1 is 1.16 bits per heavy atom. The Balaban J connectivity index is 2.41. The molecule has 0 bridgehead atoms. The van der Waals surface area contributed by atoms with Crippen LogP contribution in [-0.2, 0) is 0 Å². The van der Waals surface area contributed by atoms with Crippen LogP contribution in [0.25, 0.3) is 0 Å². The maximum Gasteiger partial charge on any atom is 0.227 e. The lowest BCUT2D eigenvalue weighted by atomic mass is 10.1. The number of ether oxygens (including phenoxy) is 1. The smallest absolute Gasteiger partial charge is 0.227 e. The number of anilines is 1. The van der Waals surface area contributed by atoms with Crippen molar-refractivity contribution in [1.82, 2.24) is 9.97 Å². The molecule has 0 atom stereocenters. The second-order valence-electron chi connectivity index (χ2n) is 5.00. The third kappa shape index (κ3) is 2.84. The average Bonchev–Trinajstić information content (AvgIpc) is 2.32. The first-order valence-electron chi connectivity index (χ1n) is 6.34. The zero-order valence-electron chi connectivity index (χ0n) is 11.8. The molecule has 0 spiro atoms. The van der Waals surface area contributed by atoms with Crippen molar-refractivity contribution in [2.75, 3.05) is 5.73 Å². The molecule has 0 aliphatic heterocycles. The number of benzene rings is 1. The van der Waals surface area contributed by atoms with E-state index in [-0.39, 0.29) is 5.92 Å². The Hall–Kier alpha value is -2.10. The Morgan fingerprint density at radius 2 is 1.89 bits per heavy atom. The molecule has 1 aromatic carbocycles. The van der Waals surface area contributed by atoms with Gasteiger partial charge in [0.1, 0.15) is 17.9 Å². The van der Waals surface area contributed by atoms with E-state index in [0.717, 1.165) is 16.9 Å². The average molecular weight is 257 g/mol. The van der Waals surface area contributed by atoms with Crippen molar-refractivity contribution in [2.24, 2.45) is 0 Å². The molecule has 19 heavy (non-hydrogen) atoms. The summed E-state index contributed by atoms with van der Waals surface area (Å²) in [6.07, 6.45) is 1.43. The van der Waals surface area contributed by atoms with Crippen LogP contribution in [0.3, 0.4) is 0 Å². The van der Waals surface area contributed by atoms with Crippen molar-refractivity contribution < 1.29 is 4.74 Å². The predicted molar refractivity (Wildman–Crippen MR) is 76.5 cm³/mol. The van der Waals surface area contributed by atoms with E-state index in [2.05, 4.69) is 23.0 Å². The van der Waals surface area contributed by atoms with E-state index in [0.29, 0.717) is 11.7 Å². The first-order valence-corrected chi connectivity index (χ1v) is 6.34. The van der Waals surface area contributed by atoms with Gasteiger partial charge in [-0.3, -0.25) is 0 Å². The minimum absolute atomic E-state index is 0.210. The van der Waals surface area contributed by atoms with Gasteiger partial charge in [-0.05, 0) is 31.4 Å². The maximum absolute atomic E-state index is 5.91. The predicted octanol–water partition coefficient (Wildman–Crippen LogP) is 3.59. The summed E-state index contributed by atoms with van der Waals surface area (Å²) < 4.78 is 5.91. The molecular weight excluding hydrogens is 238 g/mol. The van der Waals surface area contributed by atoms with E-state index >= 15 is 0 Å². The Bertz CT molecular complexity index is 594. The second kappa shape index (κ2) is 5.26. The fourth-order valence-electron chi connectivity index (χ4n) is 2.03. The molecular formula is C15H19N3O. The number of hydrogen-bond donors (Lipinski definition) is 1. The van der Waals surface area contributed by atoms with Gasteiger partial charge in [0.25, 0.3) is 0 Å². The molecule has 0 aliphatic rings. The first kappa shape index (κ1) is 13.3. The monoisotopic (exact) mass is 257 g/mol. The van der Waals surface area contributed by atoms with Gasteiger partial charge < -0.3 is 10.5 Å². The largest absolute Gasteiger partial charge is 0.438 e. The molecule has 100 valence electrons. The number of nitrogens with two attached hydrogens (primary N) is 1. The molecule has 0 saturated carbocycles. The van der Waals surface area contributed by atoms with E-state index in [9.17, 15) is 0 Å². The Labute approximate surface area is 113 Å². The van der Waals surface area contributed by atoms with Crippen LogP contribution in [0.15, 0.2) is 24.5 Å². The summed E-state index contributed by atoms with van der Waals surface area (Å²) in [6.45, 7) is 8.16. The van der Waals surface area contributed by atoms with Crippen molar-refractivity contribution >= 4 is 5.82 Å². The van der Waals surface area contributed by atoms with Crippen LogP contribution in [0.2, 0.25) is 0 Å². The van der Waals surface area contributed by atoms with Crippen molar-refractivity contribution in [2.45, 2.75) is 33.6 Å². The van der Waals surface area contributed by atoms with Gasteiger partial charge in [-0.25, -0.2) is 9.97 Å². The third-order valence-corrected chi connectivity index (χ3v) is 2.99. The van der Waals surface area contributed by atoms with Crippen LogP contribution in [0.4, 0.5) is 5.82 Å². The molecule has 4 nitrogen and oxygen atoms in total. The summed E-state index contributed by atoms with van der Waals surface area (Å²) in [4.78, 5) is 8.23. The van der Waals surface area contributed by atoms with Gasteiger partial charge in [0, 0.05) is 0 Å². The quantitative estimate of drug-likeness (QED) is 0.912. The number of aromatic nitrogens is 2. The zero-order chi connectivity index (χ0) is 14.0. The molecule has 0 aliphatic carbocycles. The number of rotatable bonds is 3. The highest BCUT2D eigenvalue weighted by Crippen LogP contribution is 2.32. The molecule has 0 amide bonds.